The molecule has 1 N–H and O–H groups in total. The summed E-state index contributed by atoms with van der Waals surface area (Å²) in [6.45, 7) is 9.74. The van der Waals surface area contributed by atoms with Gasteiger partial charge in [0.2, 0.25) is 5.91 Å². The Hall–Kier alpha value is -2.19. The Kier molecular flexibility index (Phi) is 7.44. The third-order valence-electron chi connectivity index (χ3n) is 5.16. The number of nitrogens with one attached hydrogen (secondary N) is 1. The highest BCUT2D eigenvalue weighted by atomic mass is 32.1. The number of nitrogens with zero attached hydrogens (tertiary/aromatic N) is 4. The molecule has 3 heterocycles. The van der Waals surface area contributed by atoms with Crippen LogP contribution in [0, 0.1) is 6.92 Å². The zero-order chi connectivity index (χ0) is 20.8. The molecule has 1 amide bonds. The van der Waals surface area contributed by atoms with Crippen LogP contribution < -0.4 is 10.9 Å². The van der Waals surface area contributed by atoms with Crippen molar-refractivity contribution >= 4 is 33.0 Å². The maximum atomic E-state index is 12.8. The van der Waals surface area contributed by atoms with Crippen molar-refractivity contribution in [3.05, 3.63) is 33.7 Å². The number of aryl methyl sites for hydroxylation is 1. The first-order chi connectivity index (χ1) is 14.0. The van der Waals surface area contributed by atoms with Gasteiger partial charge in [0, 0.05) is 13.1 Å². The number of fused-ring (bicyclic) bond motifs is 3. The second-order valence-corrected chi connectivity index (χ2v) is 8.39. The third-order valence-corrected chi connectivity index (χ3v) is 6.02. The molecule has 7 nitrogen and oxygen atoms in total. The summed E-state index contributed by atoms with van der Waals surface area (Å²) in [5.74, 6) is 0.522. The van der Waals surface area contributed by atoms with Crippen LogP contribution in [0.5, 0.6) is 0 Å². The molecule has 0 aliphatic carbocycles. The first-order valence-electron chi connectivity index (χ1n) is 10.5. The summed E-state index contributed by atoms with van der Waals surface area (Å²) >= 11 is 1.59. The molecule has 3 rings (SSSR count). The molecule has 0 fully saturated rings. The second kappa shape index (κ2) is 10.0. The first-order valence-corrected chi connectivity index (χ1v) is 11.4. The Morgan fingerprint density at radius 1 is 1.17 bits per heavy atom. The molecule has 0 saturated carbocycles. The van der Waals surface area contributed by atoms with Crippen LogP contribution in [-0.2, 0) is 11.3 Å². The van der Waals surface area contributed by atoms with Crippen molar-refractivity contribution in [3.63, 3.8) is 0 Å². The molecule has 0 spiro atoms. The highest BCUT2D eigenvalue weighted by molar-refractivity contribution is 7.17. The van der Waals surface area contributed by atoms with Gasteiger partial charge in [-0.25, -0.2) is 4.68 Å². The quantitative estimate of drug-likeness (QED) is 0.521. The Morgan fingerprint density at radius 3 is 2.59 bits per heavy atom. The lowest BCUT2D eigenvalue weighted by atomic mass is 10.2. The largest absolute Gasteiger partial charge is 0.353 e. The van der Waals surface area contributed by atoms with Crippen molar-refractivity contribution in [1.82, 2.24) is 24.4 Å². The van der Waals surface area contributed by atoms with Crippen LogP contribution in [0.25, 0.3) is 15.7 Å². The summed E-state index contributed by atoms with van der Waals surface area (Å²) in [7, 11) is 0. The average molecular weight is 418 g/mol. The van der Waals surface area contributed by atoms with E-state index in [0.29, 0.717) is 17.9 Å². The monoisotopic (exact) mass is 417 g/mol. The summed E-state index contributed by atoms with van der Waals surface area (Å²) in [4.78, 5) is 27.6. The van der Waals surface area contributed by atoms with Crippen LogP contribution in [0.2, 0.25) is 0 Å². The van der Waals surface area contributed by atoms with Crippen LogP contribution in [0.1, 0.15) is 45.4 Å². The van der Waals surface area contributed by atoms with Crippen LogP contribution in [-0.4, -0.2) is 51.2 Å². The molecule has 0 aromatic carbocycles. The molecule has 0 atom stereocenters. The Morgan fingerprint density at radius 2 is 1.90 bits per heavy atom. The number of rotatable bonds is 11. The maximum absolute atomic E-state index is 12.8. The lowest BCUT2D eigenvalue weighted by Crippen LogP contribution is -2.39. The van der Waals surface area contributed by atoms with Crippen molar-refractivity contribution in [2.24, 2.45) is 0 Å². The van der Waals surface area contributed by atoms with Gasteiger partial charge >= 0.3 is 0 Å². The topological polar surface area (TPSA) is 71.6 Å². The second-order valence-electron chi connectivity index (χ2n) is 7.44. The molecule has 0 unspecified atom stereocenters. The van der Waals surface area contributed by atoms with Crippen LogP contribution >= 0.6 is 11.3 Å². The van der Waals surface area contributed by atoms with Gasteiger partial charge in [-0.1, -0.05) is 26.7 Å². The minimum Gasteiger partial charge on any atom is -0.353 e. The molecule has 0 saturated heterocycles. The molecule has 0 aliphatic rings. The standard InChI is InChI=1S/C21H31N5O2S/c1-4-6-10-24(11-7-5-2)12-9-22-20(27)15-25-21(28)18-14-19-17(8-13-29-19)26(18)16(3)23-25/h8,13-14H,4-7,9-12,15H2,1-3H3,(H,22,27). The zero-order valence-electron chi connectivity index (χ0n) is 17.6. The van der Waals surface area contributed by atoms with E-state index in [9.17, 15) is 9.59 Å². The van der Waals surface area contributed by atoms with Crippen molar-refractivity contribution in [1.29, 1.82) is 0 Å². The lowest BCUT2D eigenvalue weighted by Gasteiger charge is -2.22. The van der Waals surface area contributed by atoms with Crippen molar-refractivity contribution in [2.45, 2.75) is 53.0 Å². The van der Waals surface area contributed by atoms with Gasteiger partial charge in [0.15, 0.2) is 0 Å². The minimum absolute atomic E-state index is 0.0566. The van der Waals surface area contributed by atoms with E-state index < -0.39 is 0 Å². The zero-order valence-corrected chi connectivity index (χ0v) is 18.4. The summed E-state index contributed by atoms with van der Waals surface area (Å²) < 4.78 is 4.19. The highest BCUT2D eigenvalue weighted by Crippen LogP contribution is 2.24. The third kappa shape index (κ3) is 5.05. The summed E-state index contributed by atoms with van der Waals surface area (Å²) in [6, 6.07) is 3.87. The van der Waals surface area contributed by atoms with E-state index in [2.05, 4.69) is 29.2 Å². The molecule has 29 heavy (non-hydrogen) atoms. The number of carbonyl (C=O) groups excluding carboxylic acids is 1. The number of aromatic nitrogens is 3. The average Bonchev–Trinajstić information content (AvgIpc) is 3.29. The number of unbranched alkanes of at least 4 members (excludes halogenated alkanes) is 2. The van der Waals surface area contributed by atoms with Crippen LogP contribution in [0.3, 0.4) is 0 Å². The molecule has 3 aromatic heterocycles. The molecule has 8 heteroatoms. The van der Waals surface area contributed by atoms with Gasteiger partial charge in [0.1, 0.15) is 17.9 Å². The van der Waals surface area contributed by atoms with E-state index in [0.717, 1.165) is 29.9 Å². The molecular formula is C21H31N5O2S. The fourth-order valence-corrected chi connectivity index (χ4v) is 4.38. The van der Waals surface area contributed by atoms with Crippen molar-refractivity contribution in [2.75, 3.05) is 26.2 Å². The smallest absolute Gasteiger partial charge is 0.291 e. The molecule has 3 aromatic rings. The Labute approximate surface area is 175 Å². The van der Waals surface area contributed by atoms with E-state index >= 15 is 0 Å². The van der Waals surface area contributed by atoms with Crippen molar-refractivity contribution in [3.8, 4) is 0 Å². The molecule has 0 aliphatic heterocycles. The van der Waals surface area contributed by atoms with Crippen LogP contribution in [0.15, 0.2) is 22.3 Å². The van der Waals surface area contributed by atoms with Gasteiger partial charge in [-0.15, -0.1) is 11.3 Å². The predicted molar refractivity (Wildman–Crippen MR) is 119 cm³/mol. The SMILES string of the molecule is CCCCN(CCCC)CCNC(=O)Cn1nc(C)n2c(cc3sccc32)c1=O. The maximum Gasteiger partial charge on any atom is 0.291 e. The van der Waals surface area contributed by atoms with E-state index in [1.54, 1.807) is 11.3 Å². The van der Waals surface area contributed by atoms with Gasteiger partial charge in [-0.3, -0.25) is 14.0 Å². The highest BCUT2D eigenvalue weighted by Gasteiger charge is 2.14. The summed E-state index contributed by atoms with van der Waals surface area (Å²) in [6.07, 6.45) is 4.68. The van der Waals surface area contributed by atoms with E-state index in [-0.39, 0.29) is 18.0 Å². The van der Waals surface area contributed by atoms with Gasteiger partial charge in [0.25, 0.3) is 5.56 Å². The van der Waals surface area contributed by atoms with Crippen LogP contribution in [0.4, 0.5) is 0 Å². The Bertz CT molecular complexity index is 1010. The fraction of sp³-hybridized carbons (Fsp3) is 0.571. The number of hydrogen-bond donors (Lipinski definition) is 1. The Balaban J connectivity index is 1.62. The van der Waals surface area contributed by atoms with Gasteiger partial charge in [-0.05, 0) is 50.4 Å². The van der Waals surface area contributed by atoms with Crippen molar-refractivity contribution < 1.29 is 4.79 Å². The number of hydrogen-bond acceptors (Lipinski definition) is 5. The molecule has 0 radical (unpaired) electrons. The van der Waals surface area contributed by atoms with Gasteiger partial charge < -0.3 is 10.2 Å². The normalized spacial score (nSPS) is 11.7. The van der Waals surface area contributed by atoms with E-state index in [4.69, 9.17) is 0 Å². The minimum atomic E-state index is -0.235. The van der Waals surface area contributed by atoms with Gasteiger partial charge in [0.05, 0.1) is 10.2 Å². The van der Waals surface area contributed by atoms with E-state index in [1.807, 2.05) is 28.8 Å². The van der Waals surface area contributed by atoms with Gasteiger partial charge in [-0.2, -0.15) is 5.10 Å². The first kappa shape index (κ1) is 21.5. The molecule has 0 bridgehead atoms. The predicted octanol–water partition coefficient (Wildman–Crippen LogP) is 3.04. The number of thiophene rings is 1. The molecular weight excluding hydrogens is 386 g/mol. The fourth-order valence-electron chi connectivity index (χ4n) is 3.58. The number of amides is 1. The summed E-state index contributed by atoms with van der Waals surface area (Å²) in [5.41, 5.74) is 1.32. The molecule has 158 valence electrons. The van der Waals surface area contributed by atoms with E-state index in [1.165, 1.54) is 30.4 Å². The lowest BCUT2D eigenvalue weighted by molar-refractivity contribution is -0.121. The summed E-state index contributed by atoms with van der Waals surface area (Å²) in [5, 5.41) is 9.31. The number of carbonyl (C=O) groups is 1.